The number of fused-ring (bicyclic) bond motifs is 7. The Hall–Kier alpha value is -8.34. The van der Waals surface area contributed by atoms with E-state index < -0.39 is 0 Å². The molecule has 0 saturated carbocycles. The van der Waals surface area contributed by atoms with Crippen molar-refractivity contribution in [3.8, 4) is 67.5 Å². The van der Waals surface area contributed by atoms with Crippen LogP contribution in [-0.4, -0.2) is 19.1 Å². The molecule has 0 aliphatic heterocycles. The van der Waals surface area contributed by atoms with Gasteiger partial charge in [0.15, 0.2) is 0 Å². The molecule has 0 spiro atoms. The van der Waals surface area contributed by atoms with Gasteiger partial charge in [-0.15, -0.1) is 0 Å². The van der Waals surface area contributed by atoms with Crippen LogP contribution in [-0.2, 0) is 0 Å². The van der Waals surface area contributed by atoms with Crippen LogP contribution in [0.4, 0.5) is 0 Å². The molecule has 0 radical (unpaired) electrons. The first kappa shape index (κ1) is 35.6. The number of rotatable bonds is 7. The highest BCUT2D eigenvalue weighted by molar-refractivity contribution is 6.23. The lowest BCUT2D eigenvalue weighted by Gasteiger charge is -2.14. The molecule has 9 aromatic carbocycles. The van der Waals surface area contributed by atoms with Crippen LogP contribution in [0.1, 0.15) is 0 Å². The molecule has 3 aromatic heterocycles. The van der Waals surface area contributed by atoms with Crippen molar-refractivity contribution in [1.29, 1.82) is 0 Å². The van der Waals surface area contributed by atoms with E-state index >= 15 is 0 Å². The van der Waals surface area contributed by atoms with E-state index in [-0.39, 0.29) is 0 Å². The molecule has 62 heavy (non-hydrogen) atoms. The van der Waals surface area contributed by atoms with Crippen molar-refractivity contribution < 1.29 is 0 Å². The number of benzene rings is 9. The zero-order valence-electron chi connectivity index (χ0n) is 33.7. The summed E-state index contributed by atoms with van der Waals surface area (Å²) >= 11 is 0. The molecule has 0 N–H and O–H groups in total. The first-order valence-corrected chi connectivity index (χ1v) is 21.1. The van der Waals surface area contributed by atoms with Crippen molar-refractivity contribution in [3.05, 3.63) is 231 Å². The van der Waals surface area contributed by atoms with Crippen LogP contribution in [0.15, 0.2) is 231 Å². The van der Waals surface area contributed by atoms with Crippen LogP contribution in [0.5, 0.6) is 0 Å². The summed E-state index contributed by atoms with van der Waals surface area (Å²) in [7, 11) is 0. The average molecular weight is 791 g/mol. The lowest BCUT2D eigenvalue weighted by molar-refractivity contribution is 0.995. The van der Waals surface area contributed by atoms with Gasteiger partial charge in [0.2, 0.25) is 5.95 Å². The normalized spacial score (nSPS) is 11.5. The summed E-state index contributed by atoms with van der Waals surface area (Å²) in [5, 5.41) is 4.68. The van der Waals surface area contributed by atoms with Gasteiger partial charge in [0.1, 0.15) is 0 Å². The summed E-state index contributed by atoms with van der Waals surface area (Å²) in [6.45, 7) is 0. The van der Waals surface area contributed by atoms with Crippen LogP contribution < -0.4 is 0 Å². The molecule has 12 rings (SSSR count). The highest BCUT2D eigenvalue weighted by Crippen LogP contribution is 2.42. The zero-order valence-corrected chi connectivity index (χ0v) is 33.7. The summed E-state index contributed by atoms with van der Waals surface area (Å²) in [5.41, 5.74) is 16.2. The lowest BCUT2D eigenvalue weighted by Crippen LogP contribution is -2.05. The number of hydrogen-bond acceptors (Lipinski definition) is 2. The zero-order chi connectivity index (χ0) is 41.0. The molecule has 0 atom stereocenters. The van der Waals surface area contributed by atoms with Crippen LogP contribution in [0, 0.1) is 0 Å². The second-order valence-electron chi connectivity index (χ2n) is 15.8. The summed E-state index contributed by atoms with van der Waals surface area (Å²) in [4.78, 5) is 11.0. The molecule has 290 valence electrons. The van der Waals surface area contributed by atoms with E-state index in [0.29, 0.717) is 5.95 Å². The van der Waals surface area contributed by atoms with Gasteiger partial charge in [-0.1, -0.05) is 188 Å². The van der Waals surface area contributed by atoms with Crippen molar-refractivity contribution in [2.75, 3.05) is 0 Å². The predicted molar refractivity (Wildman–Crippen MR) is 258 cm³/mol. The van der Waals surface area contributed by atoms with Crippen molar-refractivity contribution in [3.63, 3.8) is 0 Å². The minimum atomic E-state index is 0.617. The number of aromatic nitrogens is 4. The number of nitrogens with zero attached hydrogens (tertiary/aromatic N) is 4. The quantitative estimate of drug-likeness (QED) is 0.161. The third kappa shape index (κ3) is 6.00. The van der Waals surface area contributed by atoms with E-state index in [1.165, 1.54) is 27.5 Å². The fourth-order valence-corrected chi connectivity index (χ4v) is 9.22. The summed E-state index contributed by atoms with van der Waals surface area (Å²) in [5.74, 6) is 0.617. The van der Waals surface area contributed by atoms with Gasteiger partial charge in [0.25, 0.3) is 0 Å². The first-order valence-electron chi connectivity index (χ1n) is 21.1. The average Bonchev–Trinajstić information content (AvgIpc) is 3.88. The molecule has 0 bridgehead atoms. The Morgan fingerprint density at radius 2 is 0.661 bits per heavy atom. The molecule has 3 heterocycles. The Bertz CT molecular complexity index is 3600. The van der Waals surface area contributed by atoms with Crippen molar-refractivity contribution >= 4 is 43.6 Å². The van der Waals surface area contributed by atoms with Gasteiger partial charge in [-0.25, -0.2) is 9.97 Å². The predicted octanol–water partition coefficient (Wildman–Crippen LogP) is 15.0. The molecule has 0 unspecified atom stereocenters. The van der Waals surface area contributed by atoms with E-state index in [2.05, 4.69) is 240 Å². The van der Waals surface area contributed by atoms with Gasteiger partial charge in [0.05, 0.1) is 33.5 Å². The van der Waals surface area contributed by atoms with E-state index in [0.717, 1.165) is 77.7 Å². The van der Waals surface area contributed by atoms with Crippen LogP contribution in [0.2, 0.25) is 0 Å². The van der Waals surface area contributed by atoms with Gasteiger partial charge in [-0.05, 0) is 75.8 Å². The molecule has 12 aromatic rings. The maximum Gasteiger partial charge on any atom is 0.235 e. The van der Waals surface area contributed by atoms with E-state index in [1.54, 1.807) is 0 Å². The van der Waals surface area contributed by atoms with Crippen LogP contribution in [0.3, 0.4) is 0 Å². The highest BCUT2D eigenvalue weighted by Gasteiger charge is 2.23. The molecule has 0 aliphatic rings. The van der Waals surface area contributed by atoms with E-state index in [1.807, 2.05) is 0 Å². The van der Waals surface area contributed by atoms with Gasteiger partial charge in [0, 0.05) is 38.4 Å². The van der Waals surface area contributed by atoms with Crippen molar-refractivity contribution in [1.82, 2.24) is 19.1 Å². The van der Waals surface area contributed by atoms with Crippen LogP contribution in [0.25, 0.3) is 111 Å². The second kappa shape index (κ2) is 14.7. The first-order chi connectivity index (χ1) is 30.7. The SMILES string of the molecule is c1ccc(-c2cccc(-c3ccc(-c4cc(-c5cccc(-c6ccccc6)c5)nc(-n5c6ccccc6c6ccc7c8ccccc8n(-c8ccccc8)c7c65)n4)cc3)c2)cc1. The fraction of sp³-hybridized carbons (Fsp3) is 0. The van der Waals surface area contributed by atoms with Crippen molar-refractivity contribution in [2.45, 2.75) is 0 Å². The highest BCUT2D eigenvalue weighted by atomic mass is 15.2. The Labute approximate surface area is 359 Å². The molecule has 0 saturated heterocycles. The third-order valence-corrected chi connectivity index (χ3v) is 12.1. The molecule has 0 amide bonds. The topological polar surface area (TPSA) is 35.6 Å². The molecule has 4 nitrogen and oxygen atoms in total. The molecule has 0 fully saturated rings. The maximum atomic E-state index is 5.52. The monoisotopic (exact) mass is 790 g/mol. The Morgan fingerprint density at radius 3 is 1.24 bits per heavy atom. The largest absolute Gasteiger partial charge is 0.307 e. The summed E-state index contributed by atoms with van der Waals surface area (Å²) in [6.07, 6.45) is 0. The Balaban J connectivity index is 1.11. The molecular formula is C58H38N4. The van der Waals surface area contributed by atoms with Crippen LogP contribution >= 0.6 is 0 Å². The molecular weight excluding hydrogens is 753 g/mol. The fourth-order valence-electron chi connectivity index (χ4n) is 9.22. The Morgan fingerprint density at radius 1 is 0.258 bits per heavy atom. The van der Waals surface area contributed by atoms with Gasteiger partial charge >= 0.3 is 0 Å². The standard InChI is InChI=1S/C58H38N4/c1-4-16-39(17-5-1)43-20-14-21-44(36-43)41-30-32-42(33-31-41)52-38-53(46-23-15-22-45(37-46)40-18-6-2-7-19-40)60-58(59-52)62-55-29-13-11-27-49(55)51-35-34-50-48-26-10-12-28-54(48)61(56(50)57(51)62)47-24-8-3-9-25-47/h1-38H. The van der Waals surface area contributed by atoms with Gasteiger partial charge in [-0.3, -0.25) is 4.57 Å². The van der Waals surface area contributed by atoms with E-state index in [9.17, 15) is 0 Å². The smallest absolute Gasteiger partial charge is 0.235 e. The second-order valence-corrected chi connectivity index (χ2v) is 15.8. The Kier molecular flexibility index (Phi) is 8.46. The van der Waals surface area contributed by atoms with Crippen molar-refractivity contribution in [2.24, 2.45) is 0 Å². The molecule has 0 aliphatic carbocycles. The minimum absolute atomic E-state index is 0.617. The lowest BCUT2D eigenvalue weighted by atomic mass is 9.97. The molecule has 4 heteroatoms. The summed E-state index contributed by atoms with van der Waals surface area (Å²) < 4.78 is 4.70. The van der Waals surface area contributed by atoms with E-state index in [4.69, 9.17) is 9.97 Å². The summed E-state index contributed by atoms with van der Waals surface area (Å²) in [6, 6.07) is 82.1. The maximum absolute atomic E-state index is 5.52. The number of para-hydroxylation sites is 3. The third-order valence-electron chi connectivity index (χ3n) is 12.1. The minimum Gasteiger partial charge on any atom is -0.307 e. The van der Waals surface area contributed by atoms with Gasteiger partial charge in [-0.2, -0.15) is 0 Å². The van der Waals surface area contributed by atoms with Gasteiger partial charge < -0.3 is 4.57 Å². The number of hydrogen-bond donors (Lipinski definition) is 0.